The molecule has 2 heterocycles. The number of thioether (sulfide) groups is 1. The van der Waals surface area contributed by atoms with Crippen molar-refractivity contribution in [2.75, 3.05) is 26.5 Å². The Balaban J connectivity index is 1.87. The summed E-state index contributed by atoms with van der Waals surface area (Å²) in [5.41, 5.74) is 0.962. The molecule has 2 aliphatic rings. The van der Waals surface area contributed by atoms with Crippen molar-refractivity contribution in [2.45, 2.75) is 26.2 Å². The van der Waals surface area contributed by atoms with Gasteiger partial charge in [0.25, 0.3) is 0 Å². The molecule has 7 nitrogen and oxygen atoms in total. The summed E-state index contributed by atoms with van der Waals surface area (Å²) in [4.78, 5) is 20.9. The standard InChI is InChI=1S/C17H23N5O2S/c1-5-20-14-15(21(6-2)17(20)23)22(16(19-14)25-4)18-11-12-7-9-13(24-3)10-8-12/h7-11,14-15H,5-6H2,1-4H3/b18-11+. The third kappa shape index (κ3) is 3.06. The second-order valence-corrected chi connectivity index (χ2v) is 6.43. The van der Waals surface area contributed by atoms with Crippen LogP contribution in [0.5, 0.6) is 5.75 Å². The van der Waals surface area contributed by atoms with Crippen molar-refractivity contribution >= 4 is 29.2 Å². The first-order valence-electron chi connectivity index (χ1n) is 8.30. The summed E-state index contributed by atoms with van der Waals surface area (Å²) in [6.07, 6.45) is 3.38. The van der Waals surface area contributed by atoms with E-state index in [1.165, 1.54) is 0 Å². The highest BCUT2D eigenvalue weighted by Gasteiger charge is 2.52. The van der Waals surface area contributed by atoms with E-state index < -0.39 is 0 Å². The number of carbonyl (C=O) groups is 1. The van der Waals surface area contributed by atoms with Crippen LogP contribution in [-0.2, 0) is 0 Å². The number of hydrogen-bond donors (Lipinski definition) is 0. The van der Waals surface area contributed by atoms with E-state index >= 15 is 0 Å². The minimum Gasteiger partial charge on any atom is -0.497 e. The van der Waals surface area contributed by atoms with Crippen LogP contribution in [0, 0.1) is 0 Å². The molecule has 0 N–H and O–H groups in total. The summed E-state index contributed by atoms with van der Waals surface area (Å²) >= 11 is 1.54. The van der Waals surface area contributed by atoms with Crippen LogP contribution in [0.15, 0.2) is 34.4 Å². The smallest absolute Gasteiger partial charge is 0.323 e. The van der Waals surface area contributed by atoms with Crippen LogP contribution in [-0.4, -0.2) is 71.0 Å². The van der Waals surface area contributed by atoms with E-state index in [0.29, 0.717) is 13.1 Å². The van der Waals surface area contributed by atoms with Crippen LogP contribution in [0.25, 0.3) is 0 Å². The second-order valence-electron chi connectivity index (χ2n) is 5.66. The number of nitrogens with zero attached hydrogens (tertiary/aromatic N) is 5. The van der Waals surface area contributed by atoms with E-state index in [1.807, 2.05) is 54.3 Å². The maximum Gasteiger partial charge on any atom is 0.323 e. The number of rotatable bonds is 5. The third-order valence-corrected chi connectivity index (χ3v) is 5.05. The van der Waals surface area contributed by atoms with Crippen molar-refractivity contribution < 1.29 is 9.53 Å². The molecule has 0 aromatic heterocycles. The van der Waals surface area contributed by atoms with E-state index in [0.717, 1.165) is 16.5 Å². The van der Waals surface area contributed by atoms with Gasteiger partial charge < -0.3 is 4.74 Å². The first-order valence-corrected chi connectivity index (χ1v) is 9.53. The summed E-state index contributed by atoms with van der Waals surface area (Å²) < 4.78 is 5.18. The summed E-state index contributed by atoms with van der Waals surface area (Å²) in [6, 6.07) is 7.71. The predicted octanol–water partition coefficient (Wildman–Crippen LogP) is 2.49. The van der Waals surface area contributed by atoms with Crippen molar-refractivity contribution in [1.29, 1.82) is 0 Å². The number of likely N-dealkylation sites (N-methyl/N-ethyl adjacent to an activating group) is 2. The zero-order valence-electron chi connectivity index (χ0n) is 14.9. The minimum atomic E-state index is -0.201. The Bertz CT molecular complexity index is 691. The molecule has 0 radical (unpaired) electrons. The number of aliphatic imine (C=N–C) groups is 1. The Kier molecular flexibility index (Phi) is 5.17. The van der Waals surface area contributed by atoms with Gasteiger partial charge in [0, 0.05) is 13.1 Å². The van der Waals surface area contributed by atoms with Crippen molar-refractivity contribution in [3.8, 4) is 5.75 Å². The highest BCUT2D eigenvalue weighted by molar-refractivity contribution is 8.13. The number of ether oxygens (including phenoxy) is 1. The predicted molar refractivity (Wildman–Crippen MR) is 101 cm³/mol. The Morgan fingerprint density at radius 1 is 1.24 bits per heavy atom. The molecule has 1 saturated heterocycles. The number of hydrogen-bond acceptors (Lipinski definition) is 6. The topological polar surface area (TPSA) is 60.7 Å². The number of carbonyl (C=O) groups excluding carboxylic acids is 1. The first kappa shape index (κ1) is 17.6. The molecule has 2 unspecified atom stereocenters. The molecule has 2 aliphatic heterocycles. The van der Waals surface area contributed by atoms with Gasteiger partial charge in [-0.2, -0.15) is 5.10 Å². The average Bonchev–Trinajstić information content (AvgIpc) is 3.12. The van der Waals surface area contributed by atoms with Crippen LogP contribution in [0.3, 0.4) is 0 Å². The Hall–Kier alpha value is -2.22. The molecule has 1 aromatic rings. The fourth-order valence-electron chi connectivity index (χ4n) is 3.12. The fourth-order valence-corrected chi connectivity index (χ4v) is 3.68. The molecule has 1 fully saturated rings. The van der Waals surface area contributed by atoms with E-state index in [9.17, 15) is 4.79 Å². The number of amides is 2. The van der Waals surface area contributed by atoms with Gasteiger partial charge in [0.2, 0.25) is 0 Å². The fraction of sp³-hybridized carbons (Fsp3) is 0.471. The van der Waals surface area contributed by atoms with Crippen molar-refractivity contribution in [1.82, 2.24) is 14.8 Å². The van der Waals surface area contributed by atoms with Crippen LogP contribution in [0.4, 0.5) is 4.79 Å². The van der Waals surface area contributed by atoms with Crippen molar-refractivity contribution in [2.24, 2.45) is 10.1 Å². The summed E-state index contributed by atoms with van der Waals surface area (Å²) in [6.45, 7) is 5.22. The normalized spacial score (nSPS) is 22.8. The Morgan fingerprint density at radius 3 is 2.48 bits per heavy atom. The molecule has 0 aliphatic carbocycles. The van der Waals surface area contributed by atoms with Crippen LogP contribution in [0.2, 0.25) is 0 Å². The lowest BCUT2D eigenvalue weighted by Gasteiger charge is -2.27. The lowest BCUT2D eigenvalue weighted by Crippen LogP contribution is -2.45. The molecular weight excluding hydrogens is 338 g/mol. The van der Waals surface area contributed by atoms with Gasteiger partial charge >= 0.3 is 6.03 Å². The zero-order valence-corrected chi connectivity index (χ0v) is 15.7. The molecule has 25 heavy (non-hydrogen) atoms. The van der Waals surface area contributed by atoms with Crippen molar-refractivity contribution in [3.63, 3.8) is 0 Å². The maximum atomic E-state index is 12.5. The second kappa shape index (κ2) is 7.35. The van der Waals surface area contributed by atoms with E-state index in [1.54, 1.807) is 30.0 Å². The Labute approximate surface area is 152 Å². The quantitative estimate of drug-likeness (QED) is 0.756. The number of urea groups is 1. The summed E-state index contributed by atoms with van der Waals surface area (Å²) in [7, 11) is 1.64. The molecule has 0 spiro atoms. The number of methoxy groups -OCH3 is 1. The average molecular weight is 361 g/mol. The number of fused-ring (bicyclic) bond motifs is 1. The summed E-state index contributed by atoms with van der Waals surface area (Å²) in [5, 5.41) is 7.32. The van der Waals surface area contributed by atoms with Crippen LogP contribution < -0.4 is 4.74 Å². The van der Waals surface area contributed by atoms with Gasteiger partial charge in [0.1, 0.15) is 5.75 Å². The van der Waals surface area contributed by atoms with Gasteiger partial charge in [-0.05, 0) is 49.9 Å². The lowest BCUT2D eigenvalue weighted by molar-refractivity contribution is 0.155. The van der Waals surface area contributed by atoms with E-state index in [4.69, 9.17) is 9.73 Å². The first-order chi connectivity index (χ1) is 12.1. The number of hydrazone groups is 1. The maximum absolute atomic E-state index is 12.5. The summed E-state index contributed by atoms with van der Waals surface area (Å²) in [5.74, 6) is 0.807. The van der Waals surface area contributed by atoms with Crippen molar-refractivity contribution in [3.05, 3.63) is 29.8 Å². The largest absolute Gasteiger partial charge is 0.497 e. The minimum absolute atomic E-state index is 0.0218. The van der Waals surface area contributed by atoms with Gasteiger partial charge in [-0.15, -0.1) is 0 Å². The molecule has 134 valence electrons. The van der Waals surface area contributed by atoms with Gasteiger partial charge in [-0.25, -0.2) is 14.8 Å². The highest BCUT2D eigenvalue weighted by atomic mass is 32.2. The molecule has 0 bridgehead atoms. The molecule has 2 amide bonds. The monoisotopic (exact) mass is 361 g/mol. The highest BCUT2D eigenvalue weighted by Crippen LogP contribution is 2.34. The van der Waals surface area contributed by atoms with Gasteiger partial charge in [-0.1, -0.05) is 11.8 Å². The lowest BCUT2D eigenvalue weighted by atomic mass is 10.2. The molecular formula is C17H23N5O2S. The van der Waals surface area contributed by atoms with Crippen LogP contribution in [0.1, 0.15) is 19.4 Å². The van der Waals surface area contributed by atoms with Gasteiger partial charge in [-0.3, -0.25) is 9.80 Å². The number of benzene rings is 1. The SMILES string of the molecule is CCN1C(=O)N(CC)C2C1N=C(SC)N2/N=C/c1ccc(OC)cc1. The molecule has 0 saturated carbocycles. The number of amidine groups is 1. The van der Waals surface area contributed by atoms with Gasteiger partial charge in [0.05, 0.1) is 13.3 Å². The van der Waals surface area contributed by atoms with Crippen LogP contribution >= 0.6 is 11.8 Å². The molecule has 2 atom stereocenters. The van der Waals surface area contributed by atoms with E-state index in [2.05, 4.69) is 5.10 Å². The molecule has 1 aromatic carbocycles. The zero-order chi connectivity index (χ0) is 18.0. The van der Waals surface area contributed by atoms with Gasteiger partial charge in [0.15, 0.2) is 17.5 Å². The molecule has 3 rings (SSSR count). The Morgan fingerprint density at radius 2 is 1.92 bits per heavy atom. The molecule has 8 heteroatoms. The van der Waals surface area contributed by atoms with E-state index in [-0.39, 0.29) is 18.4 Å². The third-order valence-electron chi connectivity index (χ3n) is 4.40.